The summed E-state index contributed by atoms with van der Waals surface area (Å²) in [5.74, 6) is 1.09. The lowest BCUT2D eigenvalue weighted by atomic mass is 10.2. The molecule has 0 aliphatic heterocycles. The standard InChI is InChI=1S/C13H13NO2/c1-16-13-8-4-11(5-9-13)14-10-2-6-12(15)7-3-10/h2-9,14-15H,1H3. The van der Waals surface area contributed by atoms with Crippen molar-refractivity contribution >= 4 is 11.4 Å². The quantitative estimate of drug-likeness (QED) is 0.773. The Bertz CT molecular complexity index is 448. The number of rotatable bonds is 3. The van der Waals surface area contributed by atoms with Crippen molar-refractivity contribution in [1.82, 2.24) is 0 Å². The summed E-state index contributed by atoms with van der Waals surface area (Å²) in [6.45, 7) is 0. The Morgan fingerprint density at radius 3 is 1.88 bits per heavy atom. The predicted molar refractivity (Wildman–Crippen MR) is 64.4 cm³/mol. The molecule has 0 spiro atoms. The van der Waals surface area contributed by atoms with E-state index in [0.717, 1.165) is 17.1 Å². The summed E-state index contributed by atoms with van der Waals surface area (Å²) in [6, 6.07) is 14.6. The van der Waals surface area contributed by atoms with Crippen molar-refractivity contribution in [3.05, 3.63) is 48.5 Å². The van der Waals surface area contributed by atoms with Crippen molar-refractivity contribution in [1.29, 1.82) is 0 Å². The van der Waals surface area contributed by atoms with Crippen LogP contribution in [0.5, 0.6) is 11.5 Å². The van der Waals surface area contributed by atoms with Crippen molar-refractivity contribution in [2.45, 2.75) is 0 Å². The Kier molecular flexibility index (Phi) is 2.96. The van der Waals surface area contributed by atoms with E-state index in [1.807, 2.05) is 36.4 Å². The molecule has 0 bridgehead atoms. The van der Waals surface area contributed by atoms with Gasteiger partial charge in [0.2, 0.25) is 0 Å². The van der Waals surface area contributed by atoms with Gasteiger partial charge in [-0.2, -0.15) is 0 Å². The molecule has 16 heavy (non-hydrogen) atoms. The minimum atomic E-state index is 0.264. The lowest BCUT2D eigenvalue weighted by Crippen LogP contribution is -1.89. The second kappa shape index (κ2) is 4.57. The van der Waals surface area contributed by atoms with Gasteiger partial charge in [0.25, 0.3) is 0 Å². The van der Waals surface area contributed by atoms with Crippen LogP contribution in [0.15, 0.2) is 48.5 Å². The van der Waals surface area contributed by atoms with Crippen LogP contribution in [0, 0.1) is 0 Å². The molecule has 2 N–H and O–H groups in total. The summed E-state index contributed by atoms with van der Waals surface area (Å²) >= 11 is 0. The Balaban J connectivity index is 2.11. The van der Waals surface area contributed by atoms with Crippen LogP contribution < -0.4 is 10.1 Å². The van der Waals surface area contributed by atoms with Crippen molar-refractivity contribution in [2.24, 2.45) is 0 Å². The number of benzene rings is 2. The molecule has 2 aromatic carbocycles. The smallest absolute Gasteiger partial charge is 0.119 e. The van der Waals surface area contributed by atoms with Gasteiger partial charge in [0.1, 0.15) is 11.5 Å². The second-order valence-electron chi connectivity index (χ2n) is 3.40. The maximum Gasteiger partial charge on any atom is 0.119 e. The maximum absolute atomic E-state index is 9.15. The van der Waals surface area contributed by atoms with Gasteiger partial charge in [0.05, 0.1) is 7.11 Å². The largest absolute Gasteiger partial charge is 0.508 e. The van der Waals surface area contributed by atoms with E-state index in [4.69, 9.17) is 9.84 Å². The first kappa shape index (κ1) is 10.4. The zero-order valence-electron chi connectivity index (χ0n) is 8.97. The van der Waals surface area contributed by atoms with Crippen LogP contribution in [0.1, 0.15) is 0 Å². The third-order valence-corrected chi connectivity index (χ3v) is 2.25. The van der Waals surface area contributed by atoms with Crippen LogP contribution in [0.2, 0.25) is 0 Å². The third-order valence-electron chi connectivity index (χ3n) is 2.25. The molecule has 82 valence electrons. The molecule has 0 aromatic heterocycles. The lowest BCUT2D eigenvalue weighted by Gasteiger charge is -2.07. The van der Waals surface area contributed by atoms with Crippen LogP contribution in [0.25, 0.3) is 0 Å². The molecule has 2 aromatic rings. The van der Waals surface area contributed by atoms with Crippen molar-refractivity contribution in [2.75, 3.05) is 12.4 Å². The molecule has 0 aliphatic carbocycles. The van der Waals surface area contributed by atoms with E-state index < -0.39 is 0 Å². The number of hydrogen-bond acceptors (Lipinski definition) is 3. The Morgan fingerprint density at radius 1 is 0.875 bits per heavy atom. The number of ether oxygens (including phenoxy) is 1. The maximum atomic E-state index is 9.15. The molecule has 0 atom stereocenters. The van der Waals surface area contributed by atoms with E-state index >= 15 is 0 Å². The van der Waals surface area contributed by atoms with Crippen LogP contribution in [0.3, 0.4) is 0 Å². The van der Waals surface area contributed by atoms with Gasteiger partial charge in [-0.15, -0.1) is 0 Å². The average Bonchev–Trinajstić information content (AvgIpc) is 2.33. The lowest BCUT2D eigenvalue weighted by molar-refractivity contribution is 0.415. The van der Waals surface area contributed by atoms with Gasteiger partial charge in [0.15, 0.2) is 0 Å². The van der Waals surface area contributed by atoms with Crippen LogP contribution in [-0.4, -0.2) is 12.2 Å². The average molecular weight is 215 g/mol. The van der Waals surface area contributed by atoms with E-state index in [1.165, 1.54) is 0 Å². The summed E-state index contributed by atoms with van der Waals surface area (Å²) in [6.07, 6.45) is 0. The summed E-state index contributed by atoms with van der Waals surface area (Å²) in [5.41, 5.74) is 1.91. The van der Waals surface area contributed by atoms with E-state index in [-0.39, 0.29) is 5.75 Å². The number of anilines is 2. The number of phenols is 1. The molecule has 0 aliphatic rings. The highest BCUT2D eigenvalue weighted by Gasteiger charge is 1.95. The first-order valence-corrected chi connectivity index (χ1v) is 4.98. The number of aromatic hydroxyl groups is 1. The van der Waals surface area contributed by atoms with Gasteiger partial charge < -0.3 is 15.2 Å². The molecular formula is C13H13NO2. The van der Waals surface area contributed by atoms with Gasteiger partial charge in [-0.1, -0.05) is 0 Å². The van der Waals surface area contributed by atoms with Gasteiger partial charge >= 0.3 is 0 Å². The number of nitrogens with one attached hydrogen (secondary N) is 1. The van der Waals surface area contributed by atoms with E-state index in [2.05, 4.69) is 5.32 Å². The van der Waals surface area contributed by atoms with Crippen LogP contribution >= 0.6 is 0 Å². The fourth-order valence-electron chi connectivity index (χ4n) is 1.39. The third kappa shape index (κ3) is 2.45. The summed E-state index contributed by atoms with van der Waals surface area (Å²) in [5, 5.41) is 12.4. The van der Waals surface area contributed by atoms with E-state index in [1.54, 1.807) is 19.2 Å². The number of hydrogen-bond donors (Lipinski definition) is 2. The van der Waals surface area contributed by atoms with Gasteiger partial charge in [-0.3, -0.25) is 0 Å². The molecule has 0 radical (unpaired) electrons. The summed E-state index contributed by atoms with van der Waals surface area (Å²) < 4.78 is 5.07. The summed E-state index contributed by atoms with van der Waals surface area (Å²) in [4.78, 5) is 0. The normalized spacial score (nSPS) is 9.81. The molecule has 0 saturated heterocycles. The molecule has 3 nitrogen and oxygen atoms in total. The highest BCUT2D eigenvalue weighted by Crippen LogP contribution is 2.21. The monoisotopic (exact) mass is 215 g/mol. The SMILES string of the molecule is COc1ccc(Nc2ccc(O)cc2)cc1. The highest BCUT2D eigenvalue weighted by atomic mass is 16.5. The Hall–Kier alpha value is -2.16. The molecular weight excluding hydrogens is 202 g/mol. The van der Waals surface area contributed by atoms with Gasteiger partial charge in [-0.25, -0.2) is 0 Å². The molecule has 0 amide bonds. The minimum absolute atomic E-state index is 0.264. The van der Waals surface area contributed by atoms with Gasteiger partial charge in [-0.05, 0) is 48.5 Å². The van der Waals surface area contributed by atoms with Crippen molar-refractivity contribution in [3.8, 4) is 11.5 Å². The summed E-state index contributed by atoms with van der Waals surface area (Å²) in [7, 11) is 1.64. The van der Waals surface area contributed by atoms with Gasteiger partial charge in [0, 0.05) is 11.4 Å². The van der Waals surface area contributed by atoms with Crippen LogP contribution in [0.4, 0.5) is 11.4 Å². The second-order valence-corrected chi connectivity index (χ2v) is 3.40. The first-order chi connectivity index (χ1) is 7.78. The van der Waals surface area contributed by atoms with E-state index in [0.29, 0.717) is 0 Å². The zero-order valence-corrected chi connectivity index (χ0v) is 8.97. The Morgan fingerprint density at radius 2 is 1.38 bits per heavy atom. The molecule has 0 unspecified atom stereocenters. The molecule has 0 fully saturated rings. The topological polar surface area (TPSA) is 41.5 Å². The zero-order chi connectivity index (χ0) is 11.4. The van der Waals surface area contributed by atoms with Crippen LogP contribution in [-0.2, 0) is 0 Å². The predicted octanol–water partition coefficient (Wildman–Crippen LogP) is 3.14. The minimum Gasteiger partial charge on any atom is -0.508 e. The van der Waals surface area contributed by atoms with Crippen molar-refractivity contribution < 1.29 is 9.84 Å². The molecule has 3 heteroatoms. The fraction of sp³-hybridized carbons (Fsp3) is 0.0769. The number of phenolic OH excluding ortho intramolecular Hbond substituents is 1. The van der Waals surface area contributed by atoms with Crippen molar-refractivity contribution in [3.63, 3.8) is 0 Å². The number of methoxy groups -OCH3 is 1. The molecule has 0 saturated carbocycles. The molecule has 2 rings (SSSR count). The fourth-order valence-corrected chi connectivity index (χ4v) is 1.39. The molecule has 0 heterocycles. The van der Waals surface area contributed by atoms with E-state index in [9.17, 15) is 0 Å². The highest BCUT2D eigenvalue weighted by molar-refractivity contribution is 5.60. The first-order valence-electron chi connectivity index (χ1n) is 4.98. The Labute approximate surface area is 94.3 Å².